The lowest BCUT2D eigenvalue weighted by molar-refractivity contribution is 0.436. The number of ether oxygens (including phenoxy) is 1. The number of halogens is 1. The quantitative estimate of drug-likeness (QED) is 0.159. The van der Waals surface area contributed by atoms with Crippen LogP contribution in [-0.4, -0.2) is 55.9 Å². The summed E-state index contributed by atoms with van der Waals surface area (Å²) in [6.07, 6.45) is 5.90. The first-order chi connectivity index (χ1) is 20.4. The number of benzene rings is 3. The highest BCUT2D eigenvalue weighted by Gasteiger charge is 2.31. The van der Waals surface area contributed by atoms with Crippen LogP contribution in [0, 0.1) is 0 Å². The van der Waals surface area contributed by atoms with Gasteiger partial charge in [0.25, 0.3) is 20.2 Å². The van der Waals surface area contributed by atoms with Gasteiger partial charge in [-0.05, 0) is 67.0 Å². The van der Waals surface area contributed by atoms with Crippen LogP contribution >= 0.6 is 23.4 Å². The number of rotatable bonds is 12. The molecule has 13 heteroatoms. The second kappa shape index (κ2) is 13.1. The zero-order chi connectivity index (χ0) is 30.8. The molecule has 3 aromatic carbocycles. The first kappa shape index (κ1) is 31.7. The fraction of sp³-hybridized carbons (Fsp3) is 0.333. The fourth-order valence-electron chi connectivity index (χ4n) is 5.30. The van der Waals surface area contributed by atoms with Gasteiger partial charge in [-0.3, -0.25) is 9.11 Å². The van der Waals surface area contributed by atoms with E-state index < -0.39 is 20.2 Å². The van der Waals surface area contributed by atoms with Crippen molar-refractivity contribution in [2.75, 3.05) is 34.4 Å². The van der Waals surface area contributed by atoms with Crippen molar-refractivity contribution < 1.29 is 30.7 Å². The van der Waals surface area contributed by atoms with Crippen molar-refractivity contribution in [3.8, 4) is 5.75 Å². The minimum absolute atomic E-state index is 0.0939. The van der Waals surface area contributed by atoms with Crippen molar-refractivity contribution in [3.05, 3.63) is 83.2 Å². The Hall–Kier alpha value is -2.74. The lowest BCUT2D eigenvalue weighted by Crippen LogP contribution is -2.29. The number of nitrogens with zero attached hydrogens (tertiary/aromatic N) is 2. The third-order valence-corrected chi connectivity index (χ3v) is 10.4. The van der Waals surface area contributed by atoms with Gasteiger partial charge in [-0.25, -0.2) is 0 Å². The lowest BCUT2D eigenvalue weighted by Gasteiger charge is -2.25. The number of unbranched alkanes of at least 4 members (excludes halogenated alkanes) is 1. The zero-order valence-electron chi connectivity index (χ0n) is 23.5. The molecule has 2 N–H and O–H groups in total. The van der Waals surface area contributed by atoms with Gasteiger partial charge in [0.05, 0.1) is 28.3 Å². The molecule has 0 bridgehead atoms. The van der Waals surface area contributed by atoms with Crippen LogP contribution in [0.3, 0.4) is 0 Å². The van der Waals surface area contributed by atoms with Crippen molar-refractivity contribution in [3.63, 3.8) is 0 Å². The fourth-order valence-corrected chi connectivity index (χ4v) is 7.82. The summed E-state index contributed by atoms with van der Waals surface area (Å²) in [7, 11) is -8.14. The highest BCUT2D eigenvalue weighted by molar-refractivity contribution is 8.00. The normalized spacial score (nSPS) is 17.9. The van der Waals surface area contributed by atoms with E-state index in [0.29, 0.717) is 49.0 Å². The summed E-state index contributed by atoms with van der Waals surface area (Å²) < 4.78 is 70.2. The van der Waals surface area contributed by atoms with Crippen LogP contribution in [0.2, 0.25) is 5.02 Å². The summed E-state index contributed by atoms with van der Waals surface area (Å²) in [4.78, 5) is 5.22. The van der Waals surface area contributed by atoms with E-state index in [1.165, 1.54) is 0 Å². The van der Waals surface area contributed by atoms with E-state index in [9.17, 15) is 21.4 Å². The van der Waals surface area contributed by atoms with E-state index in [1.54, 1.807) is 11.8 Å². The second-order valence-corrected chi connectivity index (χ2v) is 15.2. The average Bonchev–Trinajstić information content (AvgIpc) is 3.46. The van der Waals surface area contributed by atoms with Crippen LogP contribution in [-0.2, 0) is 20.2 Å². The highest BCUT2D eigenvalue weighted by atomic mass is 35.5. The molecule has 1 atom stereocenters. The Bertz CT molecular complexity index is 1790. The predicted octanol–water partition coefficient (Wildman–Crippen LogP) is 6.75. The van der Waals surface area contributed by atoms with Gasteiger partial charge in [0.1, 0.15) is 0 Å². The summed E-state index contributed by atoms with van der Waals surface area (Å²) in [5, 5.41) is 2.52. The van der Waals surface area contributed by atoms with Gasteiger partial charge in [-0.1, -0.05) is 60.6 Å². The van der Waals surface area contributed by atoms with Crippen LogP contribution in [0.1, 0.15) is 32.6 Å². The maximum atomic E-state index is 11.5. The summed E-state index contributed by atoms with van der Waals surface area (Å²) in [5.74, 6) is 0.589. The van der Waals surface area contributed by atoms with E-state index in [2.05, 4.69) is 11.0 Å². The molecular weight excluding hydrogens is 632 g/mol. The predicted molar refractivity (Wildman–Crippen MR) is 174 cm³/mol. The molecule has 9 nitrogen and oxygen atoms in total. The van der Waals surface area contributed by atoms with Crippen molar-refractivity contribution in [2.24, 2.45) is 0 Å². The summed E-state index contributed by atoms with van der Waals surface area (Å²) >= 11 is 8.00. The minimum atomic E-state index is -4.11. The molecular formula is C30H33ClN2O7S3. The van der Waals surface area contributed by atoms with Crippen molar-refractivity contribution in [2.45, 2.75) is 42.9 Å². The molecule has 2 heterocycles. The van der Waals surface area contributed by atoms with Crippen LogP contribution in [0.15, 0.2) is 83.1 Å². The molecule has 0 saturated heterocycles. The molecule has 0 fully saturated rings. The molecule has 1 unspecified atom stereocenters. The Morgan fingerprint density at radius 1 is 0.977 bits per heavy atom. The van der Waals surface area contributed by atoms with Gasteiger partial charge in [0.2, 0.25) is 5.88 Å². The van der Waals surface area contributed by atoms with E-state index in [-0.39, 0.29) is 23.3 Å². The Labute approximate surface area is 261 Å². The molecule has 0 amide bonds. The minimum Gasteiger partial charge on any atom is -0.439 e. The number of hydrogen-bond donors (Lipinski definition) is 2. The molecule has 0 saturated carbocycles. The maximum absolute atomic E-state index is 11.5. The SMILES string of the molecule is CCC(=CC1Sc2ccc(Cl)cc2N1CCCCS(=O)(=O)O)C=C1Oc2ccc3ccccc3c2N1CCCS(=O)(=O)O. The van der Waals surface area contributed by atoms with Crippen molar-refractivity contribution in [1.82, 2.24) is 0 Å². The third-order valence-electron chi connectivity index (χ3n) is 7.31. The van der Waals surface area contributed by atoms with Gasteiger partial charge in [-0.15, -0.1) is 0 Å². The number of allylic oxidation sites excluding steroid dienone is 2. The Morgan fingerprint density at radius 3 is 2.47 bits per heavy atom. The molecule has 0 spiro atoms. The summed E-state index contributed by atoms with van der Waals surface area (Å²) in [6.45, 7) is 2.94. The van der Waals surface area contributed by atoms with Gasteiger partial charge in [0.15, 0.2) is 5.75 Å². The number of hydrogen-bond acceptors (Lipinski definition) is 8. The standard InChI is InChI=1S/C30H33ClN2O7S3/c1-2-21(19-29-32(14-5-6-16-42(34,35)36)25-20-23(31)11-13-27(25)41-29)18-28-33(15-7-17-43(37,38)39)30-24-9-4-3-8-22(24)10-12-26(30)40-28/h3-4,8-13,18-20,29H,2,5-7,14-17H2,1H3,(H,34,35,36)(H,37,38,39). The van der Waals surface area contributed by atoms with Gasteiger partial charge in [0, 0.05) is 34.5 Å². The topological polar surface area (TPSA) is 124 Å². The first-order valence-electron chi connectivity index (χ1n) is 13.9. The molecule has 3 aromatic rings. The van der Waals surface area contributed by atoms with Gasteiger partial charge in [-0.2, -0.15) is 16.8 Å². The zero-order valence-corrected chi connectivity index (χ0v) is 26.7. The monoisotopic (exact) mass is 664 g/mol. The van der Waals surface area contributed by atoms with Crippen LogP contribution in [0.5, 0.6) is 5.75 Å². The molecule has 0 aromatic heterocycles. The first-order valence-corrected chi connectivity index (χ1v) is 18.4. The van der Waals surface area contributed by atoms with Gasteiger partial charge >= 0.3 is 0 Å². The average molecular weight is 665 g/mol. The smallest absolute Gasteiger partial charge is 0.264 e. The molecule has 5 rings (SSSR count). The Balaban J connectivity index is 1.46. The van der Waals surface area contributed by atoms with E-state index in [0.717, 1.165) is 32.6 Å². The molecule has 43 heavy (non-hydrogen) atoms. The van der Waals surface area contributed by atoms with Crippen molar-refractivity contribution in [1.29, 1.82) is 0 Å². The van der Waals surface area contributed by atoms with E-state index >= 15 is 0 Å². The molecule has 230 valence electrons. The highest BCUT2D eigenvalue weighted by Crippen LogP contribution is 2.47. The molecule has 2 aliphatic rings. The van der Waals surface area contributed by atoms with Crippen LogP contribution in [0.25, 0.3) is 10.8 Å². The second-order valence-electron chi connectivity index (χ2n) is 10.4. The number of thioether (sulfide) groups is 1. The summed E-state index contributed by atoms with van der Waals surface area (Å²) in [6, 6.07) is 17.5. The van der Waals surface area contributed by atoms with Crippen LogP contribution in [0.4, 0.5) is 11.4 Å². The summed E-state index contributed by atoms with van der Waals surface area (Å²) in [5.41, 5.74) is 2.82. The van der Waals surface area contributed by atoms with E-state index in [1.807, 2.05) is 72.5 Å². The largest absolute Gasteiger partial charge is 0.439 e. The maximum Gasteiger partial charge on any atom is 0.264 e. The molecule has 0 aliphatic carbocycles. The lowest BCUT2D eigenvalue weighted by atomic mass is 10.1. The van der Waals surface area contributed by atoms with Crippen LogP contribution < -0.4 is 14.5 Å². The number of anilines is 2. The third kappa shape index (κ3) is 7.86. The molecule has 2 aliphatic heterocycles. The number of fused-ring (bicyclic) bond motifs is 4. The Kier molecular flexibility index (Phi) is 9.64. The van der Waals surface area contributed by atoms with Gasteiger partial charge < -0.3 is 14.5 Å². The Morgan fingerprint density at radius 2 is 1.72 bits per heavy atom. The molecule has 0 radical (unpaired) electrons. The van der Waals surface area contributed by atoms with E-state index in [4.69, 9.17) is 20.9 Å². The van der Waals surface area contributed by atoms with Crippen molar-refractivity contribution >= 4 is 65.7 Å².